The third-order valence-electron chi connectivity index (χ3n) is 4.34. The molecule has 0 spiro atoms. The highest BCUT2D eigenvalue weighted by Gasteiger charge is 2.25. The topological polar surface area (TPSA) is 32.3 Å². The van der Waals surface area contributed by atoms with E-state index in [0.717, 1.165) is 23.7 Å². The Balaban J connectivity index is 1.74. The molecule has 1 aliphatic rings. The van der Waals surface area contributed by atoms with Crippen LogP contribution in [0.5, 0.6) is 0 Å². The molecule has 2 aromatic carbocycles. The summed E-state index contributed by atoms with van der Waals surface area (Å²) in [6.45, 7) is 2.67. The molecule has 3 rings (SSSR count). The molecule has 1 N–H and O–H groups in total. The summed E-state index contributed by atoms with van der Waals surface area (Å²) in [5.74, 6) is -0.0400. The van der Waals surface area contributed by atoms with Gasteiger partial charge >= 0.3 is 0 Å². The van der Waals surface area contributed by atoms with Crippen LogP contribution in [0.4, 0.5) is 0 Å². The van der Waals surface area contributed by atoms with Crippen LogP contribution in [-0.4, -0.2) is 30.4 Å². The van der Waals surface area contributed by atoms with Gasteiger partial charge in [0.25, 0.3) is 5.91 Å². The zero-order chi connectivity index (χ0) is 16.1. The molecule has 2 aromatic rings. The Kier molecular flexibility index (Phi) is 5.31. The van der Waals surface area contributed by atoms with Gasteiger partial charge in [0.1, 0.15) is 0 Å². The van der Waals surface area contributed by atoms with Gasteiger partial charge < -0.3 is 5.32 Å². The van der Waals surface area contributed by atoms with E-state index >= 15 is 0 Å². The van der Waals surface area contributed by atoms with E-state index in [1.165, 1.54) is 12.8 Å². The lowest BCUT2D eigenvalue weighted by Crippen LogP contribution is -2.37. The first-order valence-corrected chi connectivity index (χ1v) is 8.45. The molecule has 0 radical (unpaired) electrons. The highest BCUT2D eigenvalue weighted by Crippen LogP contribution is 2.29. The van der Waals surface area contributed by atoms with Gasteiger partial charge in [0.15, 0.2) is 0 Å². The van der Waals surface area contributed by atoms with E-state index in [4.69, 9.17) is 11.6 Å². The maximum Gasteiger partial charge on any atom is 0.251 e. The van der Waals surface area contributed by atoms with Crippen molar-refractivity contribution in [2.24, 2.45) is 0 Å². The van der Waals surface area contributed by atoms with Crippen LogP contribution >= 0.6 is 11.6 Å². The van der Waals surface area contributed by atoms with Crippen LogP contribution in [0.15, 0.2) is 54.6 Å². The molecule has 1 aliphatic heterocycles. The van der Waals surface area contributed by atoms with Crippen molar-refractivity contribution < 1.29 is 4.79 Å². The summed E-state index contributed by atoms with van der Waals surface area (Å²) in [6.07, 6.45) is 2.40. The lowest BCUT2D eigenvalue weighted by molar-refractivity contribution is 0.0938. The van der Waals surface area contributed by atoms with Gasteiger partial charge in [-0.15, -0.1) is 0 Å². The Morgan fingerprint density at radius 2 is 1.70 bits per heavy atom. The minimum atomic E-state index is -0.0400. The van der Waals surface area contributed by atoms with Gasteiger partial charge in [-0.25, -0.2) is 0 Å². The fraction of sp³-hybridized carbons (Fsp3) is 0.316. The zero-order valence-corrected chi connectivity index (χ0v) is 13.8. The number of carbonyl (C=O) groups excluding carboxylic acids is 1. The summed E-state index contributed by atoms with van der Waals surface area (Å²) in [5.41, 5.74) is 1.77. The summed E-state index contributed by atoms with van der Waals surface area (Å²) in [5, 5.41) is 3.82. The molecule has 0 aromatic heterocycles. The number of rotatable bonds is 5. The summed E-state index contributed by atoms with van der Waals surface area (Å²) in [7, 11) is 0. The number of nitrogens with one attached hydrogen (secondary N) is 1. The third kappa shape index (κ3) is 3.92. The average Bonchev–Trinajstić information content (AvgIpc) is 3.11. The van der Waals surface area contributed by atoms with Crippen LogP contribution in [0, 0.1) is 0 Å². The standard InChI is InChI=1S/C19H21ClN2O/c20-17-11-5-4-10-16(17)18(22-12-6-7-13-22)14-21-19(23)15-8-2-1-3-9-15/h1-5,8-11,18H,6-7,12-14H2,(H,21,23)/t18-/m1/s1. The van der Waals surface area contributed by atoms with E-state index in [-0.39, 0.29) is 11.9 Å². The number of amides is 1. The van der Waals surface area contributed by atoms with Crippen LogP contribution < -0.4 is 5.32 Å². The van der Waals surface area contributed by atoms with Gasteiger partial charge in [0.2, 0.25) is 0 Å². The highest BCUT2D eigenvalue weighted by atomic mass is 35.5. The molecule has 4 heteroatoms. The normalized spacial score (nSPS) is 16.2. The second-order valence-corrected chi connectivity index (χ2v) is 6.26. The van der Waals surface area contributed by atoms with E-state index in [2.05, 4.69) is 16.3 Å². The highest BCUT2D eigenvalue weighted by molar-refractivity contribution is 6.31. The molecule has 1 fully saturated rings. The van der Waals surface area contributed by atoms with Crippen molar-refractivity contribution in [3.63, 3.8) is 0 Å². The molecule has 0 bridgehead atoms. The first kappa shape index (κ1) is 16.0. The van der Waals surface area contributed by atoms with E-state index in [0.29, 0.717) is 12.1 Å². The Morgan fingerprint density at radius 1 is 1.04 bits per heavy atom. The van der Waals surface area contributed by atoms with Crippen LogP contribution in [0.3, 0.4) is 0 Å². The minimum absolute atomic E-state index is 0.0400. The van der Waals surface area contributed by atoms with Crippen molar-refractivity contribution in [2.45, 2.75) is 18.9 Å². The Labute approximate surface area is 142 Å². The van der Waals surface area contributed by atoms with Crippen LogP contribution in [0.2, 0.25) is 5.02 Å². The van der Waals surface area contributed by atoms with E-state index in [1.54, 1.807) is 0 Å². The van der Waals surface area contributed by atoms with Crippen molar-refractivity contribution in [3.05, 3.63) is 70.7 Å². The molecule has 1 atom stereocenters. The van der Waals surface area contributed by atoms with Crippen LogP contribution in [0.25, 0.3) is 0 Å². The van der Waals surface area contributed by atoms with E-state index < -0.39 is 0 Å². The number of hydrogen-bond donors (Lipinski definition) is 1. The number of halogens is 1. The van der Waals surface area contributed by atoms with Crippen molar-refractivity contribution in [1.29, 1.82) is 0 Å². The molecule has 1 saturated heterocycles. The first-order chi connectivity index (χ1) is 11.3. The third-order valence-corrected chi connectivity index (χ3v) is 4.68. The quantitative estimate of drug-likeness (QED) is 0.902. The maximum atomic E-state index is 12.3. The summed E-state index contributed by atoms with van der Waals surface area (Å²) < 4.78 is 0. The predicted octanol–water partition coefficient (Wildman–Crippen LogP) is 3.91. The largest absolute Gasteiger partial charge is 0.350 e. The molecule has 1 amide bonds. The van der Waals surface area contributed by atoms with Crippen molar-refractivity contribution in [2.75, 3.05) is 19.6 Å². The minimum Gasteiger partial charge on any atom is -0.350 e. The number of benzene rings is 2. The fourth-order valence-corrected chi connectivity index (χ4v) is 3.38. The molecule has 0 unspecified atom stereocenters. The van der Waals surface area contributed by atoms with Gasteiger partial charge in [-0.3, -0.25) is 9.69 Å². The van der Waals surface area contributed by atoms with Gasteiger partial charge in [-0.05, 0) is 49.7 Å². The number of nitrogens with zero attached hydrogens (tertiary/aromatic N) is 1. The summed E-state index contributed by atoms with van der Waals surface area (Å²) in [6, 6.07) is 17.4. The Bertz CT molecular complexity index is 653. The second kappa shape index (κ2) is 7.62. The second-order valence-electron chi connectivity index (χ2n) is 5.86. The SMILES string of the molecule is O=C(NC[C@H](c1ccccc1Cl)N1CCCC1)c1ccccc1. The maximum absolute atomic E-state index is 12.3. The number of carbonyl (C=O) groups is 1. The van der Waals surface area contributed by atoms with E-state index in [1.807, 2.05) is 48.5 Å². The molecule has 1 heterocycles. The molecule has 120 valence electrons. The Hall–Kier alpha value is -1.84. The van der Waals surface area contributed by atoms with Crippen molar-refractivity contribution in [3.8, 4) is 0 Å². The molecular formula is C19H21ClN2O. The fourth-order valence-electron chi connectivity index (χ4n) is 3.12. The van der Waals surface area contributed by atoms with Gasteiger partial charge in [-0.2, -0.15) is 0 Å². The predicted molar refractivity (Wildman–Crippen MR) is 93.8 cm³/mol. The van der Waals surface area contributed by atoms with Gasteiger partial charge in [0.05, 0.1) is 6.04 Å². The monoisotopic (exact) mass is 328 g/mol. The van der Waals surface area contributed by atoms with Crippen LogP contribution in [-0.2, 0) is 0 Å². The lowest BCUT2D eigenvalue weighted by Gasteiger charge is -2.29. The van der Waals surface area contributed by atoms with Gasteiger partial charge in [-0.1, -0.05) is 48.0 Å². The van der Waals surface area contributed by atoms with Gasteiger partial charge in [0, 0.05) is 17.1 Å². The molecule has 3 nitrogen and oxygen atoms in total. The molecular weight excluding hydrogens is 308 g/mol. The Morgan fingerprint density at radius 3 is 2.39 bits per heavy atom. The lowest BCUT2D eigenvalue weighted by atomic mass is 10.1. The molecule has 0 saturated carbocycles. The van der Waals surface area contributed by atoms with Crippen molar-refractivity contribution in [1.82, 2.24) is 10.2 Å². The molecule has 0 aliphatic carbocycles. The number of hydrogen-bond acceptors (Lipinski definition) is 2. The van der Waals surface area contributed by atoms with E-state index in [9.17, 15) is 4.79 Å². The summed E-state index contributed by atoms with van der Waals surface area (Å²) in [4.78, 5) is 14.7. The number of likely N-dealkylation sites (tertiary alicyclic amines) is 1. The van der Waals surface area contributed by atoms with Crippen LogP contribution in [0.1, 0.15) is 34.8 Å². The average molecular weight is 329 g/mol. The zero-order valence-electron chi connectivity index (χ0n) is 13.0. The first-order valence-electron chi connectivity index (χ1n) is 8.07. The van der Waals surface area contributed by atoms with Crippen molar-refractivity contribution >= 4 is 17.5 Å². The summed E-state index contributed by atoms with van der Waals surface area (Å²) >= 11 is 6.39. The molecule has 23 heavy (non-hydrogen) atoms. The smallest absolute Gasteiger partial charge is 0.251 e.